The van der Waals surface area contributed by atoms with Gasteiger partial charge in [-0.05, 0) is 12.1 Å². The minimum absolute atomic E-state index is 0.380. The summed E-state index contributed by atoms with van der Waals surface area (Å²) in [4.78, 5) is 15.2. The van der Waals surface area contributed by atoms with E-state index >= 15 is 0 Å². The number of fused-ring (bicyclic) bond motifs is 1. The van der Waals surface area contributed by atoms with Crippen LogP contribution in [0.4, 0.5) is 5.82 Å². The molecule has 2 aromatic heterocycles. The van der Waals surface area contributed by atoms with Crippen molar-refractivity contribution in [1.29, 1.82) is 0 Å². The van der Waals surface area contributed by atoms with E-state index in [-0.39, 0.29) is 5.97 Å². The molecule has 0 saturated carbocycles. The Morgan fingerprint density at radius 2 is 2.43 bits per heavy atom. The third-order valence-electron chi connectivity index (χ3n) is 1.90. The normalized spacial score (nSPS) is 10.4. The first-order chi connectivity index (χ1) is 6.70. The van der Waals surface area contributed by atoms with Crippen molar-refractivity contribution >= 4 is 17.4 Å². The molecule has 0 unspecified atom stereocenters. The van der Waals surface area contributed by atoms with Gasteiger partial charge in [-0.1, -0.05) is 0 Å². The summed E-state index contributed by atoms with van der Waals surface area (Å²) in [6.07, 6.45) is 3.39. The van der Waals surface area contributed by atoms with Crippen molar-refractivity contribution in [2.75, 3.05) is 12.8 Å². The van der Waals surface area contributed by atoms with Crippen molar-refractivity contribution in [3.8, 4) is 0 Å². The van der Waals surface area contributed by atoms with Crippen molar-refractivity contribution in [2.24, 2.45) is 0 Å². The highest BCUT2D eigenvalue weighted by atomic mass is 16.5. The molecule has 72 valence electrons. The summed E-state index contributed by atoms with van der Waals surface area (Å²) in [5.74, 6) is 0.0427. The number of esters is 1. The van der Waals surface area contributed by atoms with E-state index in [0.717, 1.165) is 0 Å². The second-order valence-electron chi connectivity index (χ2n) is 2.84. The van der Waals surface area contributed by atoms with Gasteiger partial charge < -0.3 is 14.9 Å². The Bertz CT molecular complexity index is 490. The Labute approximate surface area is 80.1 Å². The molecule has 2 N–H and O–H groups in total. The van der Waals surface area contributed by atoms with Crippen molar-refractivity contribution in [3.05, 3.63) is 30.1 Å². The number of nitrogens with two attached hydrogens (primary N) is 1. The van der Waals surface area contributed by atoms with Gasteiger partial charge >= 0.3 is 5.97 Å². The first-order valence-corrected chi connectivity index (χ1v) is 4.03. The van der Waals surface area contributed by atoms with E-state index in [1.165, 1.54) is 7.11 Å². The van der Waals surface area contributed by atoms with E-state index in [4.69, 9.17) is 5.73 Å². The van der Waals surface area contributed by atoms with E-state index in [2.05, 4.69) is 9.72 Å². The van der Waals surface area contributed by atoms with Crippen LogP contribution in [0.1, 0.15) is 10.4 Å². The molecule has 5 nitrogen and oxygen atoms in total. The van der Waals surface area contributed by atoms with Crippen LogP contribution in [0.5, 0.6) is 0 Å². The van der Waals surface area contributed by atoms with Crippen LogP contribution in [0, 0.1) is 0 Å². The Balaban J connectivity index is 2.55. The molecule has 0 amide bonds. The van der Waals surface area contributed by atoms with Gasteiger partial charge in [-0.3, -0.25) is 0 Å². The summed E-state index contributed by atoms with van der Waals surface area (Å²) in [5.41, 5.74) is 6.59. The fourth-order valence-electron chi connectivity index (χ4n) is 1.25. The number of aromatic nitrogens is 2. The summed E-state index contributed by atoms with van der Waals surface area (Å²) in [5, 5.41) is 0. The summed E-state index contributed by atoms with van der Waals surface area (Å²) in [7, 11) is 1.34. The molecule has 0 atom stereocenters. The lowest BCUT2D eigenvalue weighted by Crippen LogP contribution is -2.01. The molecular formula is C9H9N3O2. The predicted molar refractivity (Wildman–Crippen MR) is 50.9 cm³/mol. The van der Waals surface area contributed by atoms with Crippen LogP contribution in [0.3, 0.4) is 0 Å². The average Bonchev–Trinajstić information content (AvgIpc) is 2.55. The van der Waals surface area contributed by atoms with Gasteiger partial charge in [-0.15, -0.1) is 0 Å². The van der Waals surface area contributed by atoms with E-state index in [9.17, 15) is 4.79 Å². The zero-order valence-electron chi connectivity index (χ0n) is 7.60. The second-order valence-corrected chi connectivity index (χ2v) is 2.84. The monoisotopic (exact) mass is 191 g/mol. The van der Waals surface area contributed by atoms with Crippen LogP contribution in [-0.4, -0.2) is 22.5 Å². The standard InChI is InChI=1S/C9H9N3O2/c1-14-9(13)6-2-3-12-5-7(10)11-8(12)4-6/h2-5H,10H2,1H3. The summed E-state index contributed by atoms with van der Waals surface area (Å²) in [6.45, 7) is 0. The number of methoxy groups -OCH3 is 1. The van der Waals surface area contributed by atoms with Crippen molar-refractivity contribution < 1.29 is 9.53 Å². The highest BCUT2D eigenvalue weighted by Gasteiger charge is 2.06. The first-order valence-electron chi connectivity index (χ1n) is 4.03. The van der Waals surface area contributed by atoms with E-state index in [0.29, 0.717) is 17.0 Å². The van der Waals surface area contributed by atoms with Crippen LogP contribution in [0.25, 0.3) is 5.65 Å². The van der Waals surface area contributed by atoms with E-state index in [1.807, 2.05) is 0 Å². The summed E-state index contributed by atoms with van der Waals surface area (Å²) in [6, 6.07) is 3.28. The van der Waals surface area contributed by atoms with Crippen LogP contribution in [0.15, 0.2) is 24.5 Å². The highest BCUT2D eigenvalue weighted by Crippen LogP contribution is 2.09. The van der Waals surface area contributed by atoms with E-state index < -0.39 is 0 Å². The van der Waals surface area contributed by atoms with Crippen LogP contribution < -0.4 is 5.73 Å². The molecule has 0 aliphatic heterocycles. The molecule has 0 bridgehead atoms. The second kappa shape index (κ2) is 3.02. The molecule has 0 aliphatic carbocycles. The quantitative estimate of drug-likeness (QED) is 0.674. The predicted octanol–water partition coefficient (Wildman–Crippen LogP) is 0.703. The van der Waals surface area contributed by atoms with Crippen LogP contribution >= 0.6 is 0 Å². The zero-order chi connectivity index (χ0) is 10.1. The molecule has 0 radical (unpaired) electrons. The number of hydrogen-bond donors (Lipinski definition) is 1. The van der Waals surface area contributed by atoms with Gasteiger partial charge in [-0.25, -0.2) is 9.78 Å². The van der Waals surface area contributed by atoms with Gasteiger partial charge in [0.25, 0.3) is 0 Å². The van der Waals surface area contributed by atoms with Gasteiger partial charge in [0, 0.05) is 6.20 Å². The number of carbonyl (C=O) groups excluding carboxylic acids is 1. The lowest BCUT2D eigenvalue weighted by atomic mass is 10.3. The third-order valence-corrected chi connectivity index (χ3v) is 1.90. The van der Waals surface area contributed by atoms with Crippen LogP contribution in [-0.2, 0) is 4.74 Å². The Morgan fingerprint density at radius 3 is 3.14 bits per heavy atom. The van der Waals surface area contributed by atoms with Crippen molar-refractivity contribution in [2.45, 2.75) is 0 Å². The smallest absolute Gasteiger partial charge is 0.338 e. The number of hydrogen-bond acceptors (Lipinski definition) is 4. The fraction of sp³-hybridized carbons (Fsp3) is 0.111. The maximum absolute atomic E-state index is 11.2. The molecule has 0 aromatic carbocycles. The number of imidazole rings is 1. The number of ether oxygens (including phenoxy) is 1. The van der Waals surface area contributed by atoms with Crippen molar-refractivity contribution in [3.63, 3.8) is 0 Å². The van der Waals surface area contributed by atoms with Gasteiger partial charge in [0.2, 0.25) is 0 Å². The van der Waals surface area contributed by atoms with Gasteiger partial charge in [-0.2, -0.15) is 0 Å². The maximum atomic E-state index is 11.2. The number of rotatable bonds is 1. The van der Waals surface area contributed by atoms with Gasteiger partial charge in [0.1, 0.15) is 11.5 Å². The number of pyridine rings is 1. The minimum atomic E-state index is -0.380. The molecular weight excluding hydrogens is 182 g/mol. The molecule has 5 heteroatoms. The topological polar surface area (TPSA) is 69.6 Å². The molecule has 14 heavy (non-hydrogen) atoms. The molecule has 0 spiro atoms. The largest absolute Gasteiger partial charge is 0.465 e. The Kier molecular flexibility index (Phi) is 1.85. The first kappa shape index (κ1) is 8.55. The lowest BCUT2D eigenvalue weighted by molar-refractivity contribution is 0.0600. The Hall–Kier alpha value is -2.04. The molecule has 0 saturated heterocycles. The summed E-state index contributed by atoms with van der Waals surface area (Å²) >= 11 is 0. The van der Waals surface area contributed by atoms with Crippen molar-refractivity contribution in [1.82, 2.24) is 9.38 Å². The molecule has 0 aliphatic rings. The number of anilines is 1. The number of carbonyl (C=O) groups is 1. The highest BCUT2D eigenvalue weighted by molar-refractivity contribution is 5.90. The average molecular weight is 191 g/mol. The number of nitrogens with zero attached hydrogens (tertiary/aromatic N) is 2. The van der Waals surface area contributed by atoms with Gasteiger partial charge in [0.05, 0.1) is 18.9 Å². The minimum Gasteiger partial charge on any atom is -0.465 e. The van der Waals surface area contributed by atoms with E-state index in [1.54, 1.807) is 28.9 Å². The maximum Gasteiger partial charge on any atom is 0.338 e. The molecule has 0 fully saturated rings. The van der Waals surface area contributed by atoms with Gasteiger partial charge in [0.15, 0.2) is 0 Å². The third kappa shape index (κ3) is 1.28. The van der Waals surface area contributed by atoms with Crippen LogP contribution in [0.2, 0.25) is 0 Å². The zero-order valence-corrected chi connectivity index (χ0v) is 7.60. The summed E-state index contributed by atoms with van der Waals surface area (Å²) < 4.78 is 6.32. The SMILES string of the molecule is COC(=O)c1ccn2cc(N)nc2c1. The molecule has 2 aromatic rings. The number of nitrogen functional groups attached to an aromatic ring is 1. The molecule has 2 rings (SSSR count). The fourth-order valence-corrected chi connectivity index (χ4v) is 1.25. The lowest BCUT2D eigenvalue weighted by Gasteiger charge is -1.98. The molecule has 2 heterocycles. The Morgan fingerprint density at radius 1 is 1.64 bits per heavy atom.